The van der Waals surface area contributed by atoms with Crippen LogP contribution in [0.1, 0.15) is 25.7 Å². The van der Waals surface area contributed by atoms with E-state index in [1.807, 2.05) is 0 Å². The van der Waals surface area contributed by atoms with E-state index in [4.69, 9.17) is 10.5 Å². The molecule has 0 unspecified atom stereocenters. The van der Waals surface area contributed by atoms with Crippen LogP contribution >= 0.6 is 0 Å². The van der Waals surface area contributed by atoms with Gasteiger partial charge in [0, 0.05) is 44.4 Å². The summed E-state index contributed by atoms with van der Waals surface area (Å²) in [6, 6.07) is 3.82. The number of halogens is 1. The molecule has 0 atom stereocenters. The summed E-state index contributed by atoms with van der Waals surface area (Å²) in [5.41, 5.74) is 6.70. The Balaban J connectivity index is 1.69. The van der Waals surface area contributed by atoms with Gasteiger partial charge in [0.1, 0.15) is 11.6 Å². The van der Waals surface area contributed by atoms with Gasteiger partial charge in [0.15, 0.2) is 0 Å². The highest BCUT2D eigenvalue weighted by Gasteiger charge is 2.27. The second kappa shape index (κ2) is 6.10. The Bertz CT molecular complexity index is 495. The van der Waals surface area contributed by atoms with Gasteiger partial charge in [-0.25, -0.2) is 4.39 Å². The molecule has 3 rings (SSSR count). The van der Waals surface area contributed by atoms with Crippen LogP contribution in [-0.4, -0.2) is 44.2 Å². The molecule has 116 valence electrons. The molecule has 1 heterocycles. The molecule has 0 aromatic heterocycles. The zero-order valence-corrected chi connectivity index (χ0v) is 12.6. The molecule has 2 fully saturated rings. The van der Waals surface area contributed by atoms with Crippen molar-refractivity contribution in [1.29, 1.82) is 0 Å². The highest BCUT2D eigenvalue weighted by molar-refractivity contribution is 5.63. The van der Waals surface area contributed by atoms with Crippen LogP contribution in [0.5, 0.6) is 5.75 Å². The third kappa shape index (κ3) is 2.93. The van der Waals surface area contributed by atoms with E-state index in [1.165, 1.54) is 31.7 Å². The number of methoxy groups -OCH3 is 1. The molecular formula is C16H24FN3O. The standard InChI is InChI=1S/C16H24FN3O/c1-21-16-11-15(13(17)10-14(16)18)20-8-6-19(7-9-20)12-4-2-3-5-12/h10-12H,2-9,18H2,1H3. The van der Waals surface area contributed by atoms with Crippen molar-refractivity contribution in [3.63, 3.8) is 0 Å². The smallest absolute Gasteiger partial charge is 0.148 e. The Labute approximate surface area is 125 Å². The number of rotatable bonds is 3. The lowest BCUT2D eigenvalue weighted by Crippen LogP contribution is -2.50. The van der Waals surface area contributed by atoms with Crippen molar-refractivity contribution in [1.82, 2.24) is 4.90 Å². The van der Waals surface area contributed by atoms with Crippen LogP contribution in [-0.2, 0) is 0 Å². The minimum Gasteiger partial charge on any atom is -0.495 e. The van der Waals surface area contributed by atoms with Gasteiger partial charge in [-0.1, -0.05) is 12.8 Å². The van der Waals surface area contributed by atoms with Gasteiger partial charge in [-0.2, -0.15) is 0 Å². The summed E-state index contributed by atoms with van der Waals surface area (Å²) in [4.78, 5) is 4.67. The first kappa shape index (κ1) is 14.4. The molecule has 0 spiro atoms. The number of anilines is 2. The summed E-state index contributed by atoms with van der Waals surface area (Å²) >= 11 is 0. The number of benzene rings is 1. The fraction of sp³-hybridized carbons (Fsp3) is 0.625. The molecule has 0 bridgehead atoms. The Hall–Kier alpha value is -1.49. The minimum absolute atomic E-state index is 0.261. The maximum atomic E-state index is 14.2. The molecule has 1 saturated heterocycles. The van der Waals surface area contributed by atoms with Gasteiger partial charge < -0.3 is 15.4 Å². The molecule has 21 heavy (non-hydrogen) atoms. The molecule has 2 N–H and O–H groups in total. The predicted molar refractivity (Wildman–Crippen MR) is 83.4 cm³/mol. The van der Waals surface area contributed by atoms with E-state index in [1.54, 1.807) is 13.2 Å². The summed E-state index contributed by atoms with van der Waals surface area (Å²) < 4.78 is 19.4. The third-order valence-corrected chi connectivity index (χ3v) is 4.80. The first-order valence-electron chi connectivity index (χ1n) is 7.81. The predicted octanol–water partition coefficient (Wildman–Crippen LogP) is 2.48. The van der Waals surface area contributed by atoms with Crippen molar-refractivity contribution >= 4 is 11.4 Å². The average molecular weight is 293 g/mol. The molecule has 4 nitrogen and oxygen atoms in total. The lowest BCUT2D eigenvalue weighted by Gasteiger charge is -2.39. The SMILES string of the molecule is COc1cc(N2CCN(C3CCCC3)CC2)c(F)cc1N. The Morgan fingerprint density at radius 1 is 1.14 bits per heavy atom. The molecule has 1 aromatic rings. The van der Waals surface area contributed by atoms with Crippen LogP contribution in [0.15, 0.2) is 12.1 Å². The van der Waals surface area contributed by atoms with Crippen LogP contribution in [0.3, 0.4) is 0 Å². The van der Waals surface area contributed by atoms with E-state index in [0.29, 0.717) is 17.1 Å². The average Bonchev–Trinajstić information content (AvgIpc) is 3.02. The number of hydrogen-bond acceptors (Lipinski definition) is 4. The van der Waals surface area contributed by atoms with Gasteiger partial charge in [-0.15, -0.1) is 0 Å². The van der Waals surface area contributed by atoms with Gasteiger partial charge in [0.05, 0.1) is 18.5 Å². The third-order valence-electron chi connectivity index (χ3n) is 4.80. The van der Waals surface area contributed by atoms with E-state index in [9.17, 15) is 4.39 Å². The van der Waals surface area contributed by atoms with Gasteiger partial charge in [0.25, 0.3) is 0 Å². The number of ether oxygens (including phenoxy) is 1. The normalized spacial score (nSPS) is 21.0. The van der Waals surface area contributed by atoms with Crippen LogP contribution < -0.4 is 15.4 Å². The largest absolute Gasteiger partial charge is 0.495 e. The second-order valence-electron chi connectivity index (χ2n) is 6.01. The Morgan fingerprint density at radius 3 is 2.43 bits per heavy atom. The topological polar surface area (TPSA) is 41.7 Å². The lowest BCUT2D eigenvalue weighted by molar-refractivity contribution is 0.187. The van der Waals surface area contributed by atoms with E-state index in [-0.39, 0.29) is 5.82 Å². The van der Waals surface area contributed by atoms with Gasteiger partial charge >= 0.3 is 0 Å². The van der Waals surface area contributed by atoms with Crippen molar-refractivity contribution < 1.29 is 9.13 Å². The number of hydrogen-bond donors (Lipinski definition) is 1. The highest BCUT2D eigenvalue weighted by Crippen LogP contribution is 2.32. The molecule has 0 amide bonds. The van der Waals surface area contributed by atoms with Crippen LogP contribution in [0.2, 0.25) is 0 Å². The van der Waals surface area contributed by atoms with Crippen molar-refractivity contribution in [2.24, 2.45) is 0 Å². The quantitative estimate of drug-likeness (QED) is 0.869. The number of nitrogen functional groups attached to an aromatic ring is 1. The fourth-order valence-electron chi connectivity index (χ4n) is 3.57. The molecule has 1 aliphatic heterocycles. The Morgan fingerprint density at radius 2 is 1.81 bits per heavy atom. The Kier molecular flexibility index (Phi) is 4.19. The lowest BCUT2D eigenvalue weighted by atomic mass is 10.1. The van der Waals surface area contributed by atoms with Crippen molar-refractivity contribution in [2.75, 3.05) is 43.9 Å². The van der Waals surface area contributed by atoms with Crippen LogP contribution in [0, 0.1) is 5.82 Å². The molecule has 1 aromatic carbocycles. The van der Waals surface area contributed by atoms with Gasteiger partial charge in [-0.05, 0) is 12.8 Å². The zero-order valence-electron chi connectivity index (χ0n) is 12.6. The molecule has 0 radical (unpaired) electrons. The van der Waals surface area contributed by atoms with Crippen molar-refractivity contribution in [3.05, 3.63) is 17.9 Å². The van der Waals surface area contributed by atoms with E-state index in [2.05, 4.69) is 9.80 Å². The summed E-state index contributed by atoms with van der Waals surface area (Å²) in [5.74, 6) is 0.284. The van der Waals surface area contributed by atoms with E-state index in [0.717, 1.165) is 32.2 Å². The number of piperazine rings is 1. The maximum absolute atomic E-state index is 14.2. The maximum Gasteiger partial charge on any atom is 0.148 e. The summed E-state index contributed by atoms with van der Waals surface area (Å²) in [6.07, 6.45) is 5.36. The number of nitrogens with two attached hydrogens (primary N) is 1. The van der Waals surface area contributed by atoms with E-state index >= 15 is 0 Å². The number of nitrogens with zero attached hydrogens (tertiary/aromatic N) is 2. The van der Waals surface area contributed by atoms with Crippen LogP contribution in [0.25, 0.3) is 0 Å². The molecule has 1 saturated carbocycles. The highest BCUT2D eigenvalue weighted by atomic mass is 19.1. The van der Waals surface area contributed by atoms with Crippen molar-refractivity contribution in [3.8, 4) is 5.75 Å². The minimum atomic E-state index is -0.261. The fourth-order valence-corrected chi connectivity index (χ4v) is 3.57. The monoisotopic (exact) mass is 293 g/mol. The molecule has 1 aliphatic carbocycles. The summed E-state index contributed by atoms with van der Waals surface area (Å²) in [5, 5.41) is 0. The molecular weight excluding hydrogens is 269 g/mol. The van der Waals surface area contributed by atoms with E-state index < -0.39 is 0 Å². The summed E-state index contributed by atoms with van der Waals surface area (Å²) in [7, 11) is 1.56. The zero-order chi connectivity index (χ0) is 14.8. The molecule has 2 aliphatic rings. The first-order chi connectivity index (χ1) is 10.2. The molecule has 5 heteroatoms. The van der Waals surface area contributed by atoms with Crippen molar-refractivity contribution in [2.45, 2.75) is 31.7 Å². The van der Waals surface area contributed by atoms with Crippen LogP contribution in [0.4, 0.5) is 15.8 Å². The first-order valence-corrected chi connectivity index (χ1v) is 7.81. The second-order valence-corrected chi connectivity index (χ2v) is 6.01. The van der Waals surface area contributed by atoms with Gasteiger partial charge in [-0.3, -0.25) is 4.90 Å². The van der Waals surface area contributed by atoms with Gasteiger partial charge in [0.2, 0.25) is 0 Å². The summed E-state index contributed by atoms with van der Waals surface area (Å²) in [6.45, 7) is 3.74.